The number of aromatic hydroxyl groups is 2. The average Bonchev–Trinajstić information content (AvgIpc) is 3.00. The van der Waals surface area contributed by atoms with Crippen LogP contribution in [-0.4, -0.2) is 30.3 Å². The first-order chi connectivity index (χ1) is 12.5. The van der Waals surface area contributed by atoms with Gasteiger partial charge in [0.05, 0.1) is 19.8 Å². The van der Waals surface area contributed by atoms with Gasteiger partial charge in [-0.25, -0.2) is 0 Å². The standard InChI is InChI=1S/C20H17NO5/c1-25-16-6-10(3-4-14(16)22)18-13-8-15(23)17(26-2)7-11(13)5-12-9-21-20(24)19(12)18/h3-8,22-23H,9H2,1-2H3,(H,21,24). The summed E-state index contributed by atoms with van der Waals surface area (Å²) in [6.07, 6.45) is 0. The predicted octanol–water partition coefficient (Wildman–Crippen LogP) is 3.18. The van der Waals surface area contributed by atoms with Crippen LogP contribution in [0.25, 0.3) is 21.9 Å². The summed E-state index contributed by atoms with van der Waals surface area (Å²) in [7, 11) is 2.96. The number of phenols is 2. The normalized spacial score (nSPS) is 12.8. The number of phenolic OH excluding ortho intramolecular Hbond substituents is 2. The molecule has 0 radical (unpaired) electrons. The number of fused-ring (bicyclic) bond motifs is 2. The molecule has 0 saturated heterocycles. The van der Waals surface area contributed by atoms with Crippen LogP contribution in [0.3, 0.4) is 0 Å². The molecule has 3 aromatic carbocycles. The Balaban J connectivity index is 2.11. The number of amides is 1. The second-order valence-electron chi connectivity index (χ2n) is 6.10. The molecule has 0 bridgehead atoms. The molecule has 3 N–H and O–H groups in total. The molecule has 0 aliphatic carbocycles. The highest BCUT2D eigenvalue weighted by atomic mass is 16.5. The summed E-state index contributed by atoms with van der Waals surface area (Å²) in [5.41, 5.74) is 2.83. The van der Waals surface area contributed by atoms with Gasteiger partial charge in [0, 0.05) is 12.1 Å². The van der Waals surface area contributed by atoms with Gasteiger partial charge in [0.1, 0.15) is 0 Å². The molecule has 3 aromatic rings. The summed E-state index contributed by atoms with van der Waals surface area (Å²) >= 11 is 0. The number of ether oxygens (including phenoxy) is 2. The van der Waals surface area contributed by atoms with Crippen molar-refractivity contribution in [2.45, 2.75) is 6.54 Å². The zero-order chi connectivity index (χ0) is 18.4. The first-order valence-electron chi connectivity index (χ1n) is 8.05. The number of hydrogen-bond acceptors (Lipinski definition) is 5. The van der Waals surface area contributed by atoms with E-state index in [0.717, 1.165) is 10.9 Å². The van der Waals surface area contributed by atoms with Crippen LogP contribution < -0.4 is 14.8 Å². The van der Waals surface area contributed by atoms with Crippen LogP contribution in [0.1, 0.15) is 15.9 Å². The molecule has 0 unspecified atom stereocenters. The summed E-state index contributed by atoms with van der Waals surface area (Å²) in [5.74, 6) is 0.514. The fourth-order valence-electron chi connectivity index (χ4n) is 3.43. The highest BCUT2D eigenvalue weighted by molar-refractivity contribution is 6.13. The van der Waals surface area contributed by atoms with Gasteiger partial charge in [-0.3, -0.25) is 4.79 Å². The van der Waals surface area contributed by atoms with Crippen LogP contribution in [0.2, 0.25) is 0 Å². The molecule has 4 rings (SSSR count). The Labute approximate surface area is 149 Å². The third-order valence-electron chi connectivity index (χ3n) is 4.66. The lowest BCUT2D eigenvalue weighted by Gasteiger charge is -2.15. The predicted molar refractivity (Wildman–Crippen MR) is 97.0 cm³/mol. The van der Waals surface area contributed by atoms with Gasteiger partial charge in [-0.1, -0.05) is 6.07 Å². The molecule has 132 valence electrons. The molecule has 6 heteroatoms. The smallest absolute Gasteiger partial charge is 0.252 e. The Hall–Kier alpha value is -3.41. The Morgan fingerprint density at radius 2 is 1.65 bits per heavy atom. The molecule has 6 nitrogen and oxygen atoms in total. The van der Waals surface area contributed by atoms with Crippen LogP contribution >= 0.6 is 0 Å². The lowest BCUT2D eigenvalue weighted by Crippen LogP contribution is -2.13. The number of methoxy groups -OCH3 is 2. The summed E-state index contributed by atoms with van der Waals surface area (Å²) in [4.78, 5) is 12.5. The third kappa shape index (κ3) is 2.30. The van der Waals surface area contributed by atoms with E-state index in [0.29, 0.717) is 40.1 Å². The van der Waals surface area contributed by atoms with E-state index in [1.54, 1.807) is 24.3 Å². The van der Waals surface area contributed by atoms with Crippen LogP contribution in [0.15, 0.2) is 36.4 Å². The number of nitrogens with one attached hydrogen (secondary N) is 1. The molecule has 1 amide bonds. The van der Waals surface area contributed by atoms with Crippen molar-refractivity contribution in [3.63, 3.8) is 0 Å². The third-order valence-corrected chi connectivity index (χ3v) is 4.66. The van der Waals surface area contributed by atoms with E-state index in [2.05, 4.69) is 5.32 Å². The second-order valence-corrected chi connectivity index (χ2v) is 6.10. The van der Waals surface area contributed by atoms with E-state index < -0.39 is 0 Å². The monoisotopic (exact) mass is 351 g/mol. The molecule has 1 heterocycles. The van der Waals surface area contributed by atoms with Crippen molar-refractivity contribution in [2.75, 3.05) is 14.2 Å². The molecule has 0 aromatic heterocycles. The Morgan fingerprint density at radius 3 is 2.38 bits per heavy atom. The fraction of sp³-hybridized carbons (Fsp3) is 0.150. The first-order valence-corrected chi connectivity index (χ1v) is 8.05. The quantitative estimate of drug-likeness (QED) is 0.674. The van der Waals surface area contributed by atoms with Crippen molar-refractivity contribution in [3.8, 4) is 34.1 Å². The van der Waals surface area contributed by atoms with Crippen molar-refractivity contribution in [1.29, 1.82) is 0 Å². The number of rotatable bonds is 3. The minimum atomic E-state index is -0.167. The number of hydrogen-bond donors (Lipinski definition) is 3. The van der Waals surface area contributed by atoms with Crippen molar-refractivity contribution < 1.29 is 24.5 Å². The SMILES string of the molecule is COc1cc(-c2c3c(cc4cc(OC)c(O)cc24)CNC3=O)ccc1O. The van der Waals surface area contributed by atoms with Gasteiger partial charge in [0.15, 0.2) is 23.0 Å². The first kappa shape index (κ1) is 16.1. The van der Waals surface area contributed by atoms with Gasteiger partial charge < -0.3 is 25.0 Å². The maximum absolute atomic E-state index is 12.5. The minimum Gasteiger partial charge on any atom is -0.504 e. The molecule has 0 saturated carbocycles. The Morgan fingerprint density at radius 1 is 0.923 bits per heavy atom. The summed E-state index contributed by atoms with van der Waals surface area (Å²) in [5, 5.41) is 24.5. The Bertz CT molecular complexity index is 1060. The average molecular weight is 351 g/mol. The number of carbonyl (C=O) groups is 1. The van der Waals surface area contributed by atoms with Crippen molar-refractivity contribution >= 4 is 16.7 Å². The lowest BCUT2D eigenvalue weighted by atomic mass is 9.90. The summed E-state index contributed by atoms with van der Waals surface area (Å²) < 4.78 is 10.4. The van der Waals surface area contributed by atoms with Crippen molar-refractivity contribution in [3.05, 3.63) is 47.5 Å². The molecule has 1 aliphatic rings. The van der Waals surface area contributed by atoms with Crippen LogP contribution in [-0.2, 0) is 6.54 Å². The maximum atomic E-state index is 12.5. The largest absolute Gasteiger partial charge is 0.504 e. The maximum Gasteiger partial charge on any atom is 0.252 e. The second kappa shape index (κ2) is 5.84. The fourth-order valence-corrected chi connectivity index (χ4v) is 3.43. The number of carbonyl (C=O) groups excluding carboxylic acids is 1. The minimum absolute atomic E-state index is 0.00894. The Kier molecular flexibility index (Phi) is 3.61. The summed E-state index contributed by atoms with van der Waals surface area (Å²) in [6.45, 7) is 0.440. The van der Waals surface area contributed by atoms with E-state index in [9.17, 15) is 15.0 Å². The van der Waals surface area contributed by atoms with Crippen molar-refractivity contribution in [2.24, 2.45) is 0 Å². The van der Waals surface area contributed by atoms with E-state index in [1.807, 2.05) is 6.07 Å². The van der Waals surface area contributed by atoms with Gasteiger partial charge in [0.25, 0.3) is 5.91 Å². The topological polar surface area (TPSA) is 88.0 Å². The molecular weight excluding hydrogens is 334 g/mol. The molecule has 0 atom stereocenters. The molecule has 26 heavy (non-hydrogen) atoms. The molecular formula is C20H17NO5. The van der Waals surface area contributed by atoms with Gasteiger partial charge in [-0.05, 0) is 52.2 Å². The van der Waals surface area contributed by atoms with Crippen molar-refractivity contribution in [1.82, 2.24) is 5.32 Å². The van der Waals surface area contributed by atoms with E-state index in [4.69, 9.17) is 9.47 Å². The van der Waals surface area contributed by atoms with Gasteiger partial charge in [0.2, 0.25) is 0 Å². The molecule has 0 spiro atoms. The number of benzene rings is 3. The van der Waals surface area contributed by atoms with E-state index in [-0.39, 0.29) is 17.4 Å². The zero-order valence-corrected chi connectivity index (χ0v) is 14.3. The zero-order valence-electron chi connectivity index (χ0n) is 14.3. The summed E-state index contributed by atoms with van der Waals surface area (Å²) in [6, 6.07) is 10.2. The highest BCUT2D eigenvalue weighted by Crippen LogP contribution is 2.42. The van der Waals surface area contributed by atoms with E-state index in [1.165, 1.54) is 20.3 Å². The van der Waals surface area contributed by atoms with E-state index >= 15 is 0 Å². The molecule has 0 fully saturated rings. The van der Waals surface area contributed by atoms with Gasteiger partial charge in [-0.2, -0.15) is 0 Å². The van der Waals surface area contributed by atoms with Crippen LogP contribution in [0.5, 0.6) is 23.0 Å². The van der Waals surface area contributed by atoms with Crippen LogP contribution in [0.4, 0.5) is 0 Å². The highest BCUT2D eigenvalue weighted by Gasteiger charge is 2.26. The van der Waals surface area contributed by atoms with Gasteiger partial charge in [-0.15, -0.1) is 0 Å². The van der Waals surface area contributed by atoms with Crippen LogP contribution in [0, 0.1) is 0 Å². The molecule has 1 aliphatic heterocycles. The van der Waals surface area contributed by atoms with Gasteiger partial charge >= 0.3 is 0 Å². The lowest BCUT2D eigenvalue weighted by molar-refractivity contribution is 0.0966.